The molecule has 0 amide bonds. The Morgan fingerprint density at radius 2 is 1.95 bits per heavy atom. The Balaban J connectivity index is 2.22. The van der Waals surface area contributed by atoms with Crippen molar-refractivity contribution in [2.24, 2.45) is 5.14 Å². The predicted octanol–water partition coefficient (Wildman–Crippen LogP) is 1.21. The molecule has 1 fully saturated rings. The molecule has 0 radical (unpaired) electrons. The van der Waals surface area contributed by atoms with Crippen molar-refractivity contribution < 1.29 is 17.2 Å². The minimum Gasteiger partial charge on any atom is -0.294 e. The lowest BCUT2D eigenvalue weighted by atomic mass is 10.2. The third-order valence-corrected chi connectivity index (χ3v) is 3.79. The number of rotatable bonds is 3. The van der Waals surface area contributed by atoms with Crippen LogP contribution in [0.1, 0.15) is 18.9 Å². The SMILES string of the molecule is NS(=O)(=O)c1nnc(-c2ccc(F)cc2F)n1C1CC1. The highest BCUT2D eigenvalue weighted by molar-refractivity contribution is 7.89. The van der Waals surface area contributed by atoms with Gasteiger partial charge in [0.1, 0.15) is 11.6 Å². The Hall–Kier alpha value is -1.87. The zero-order valence-electron chi connectivity index (χ0n) is 10.1. The first-order valence-corrected chi connectivity index (χ1v) is 7.35. The van der Waals surface area contributed by atoms with E-state index < -0.39 is 26.8 Å². The van der Waals surface area contributed by atoms with Crippen molar-refractivity contribution in [3.63, 3.8) is 0 Å². The quantitative estimate of drug-likeness (QED) is 0.922. The molecule has 2 N–H and O–H groups in total. The number of aromatic nitrogens is 3. The first kappa shape index (κ1) is 13.1. The third kappa shape index (κ3) is 2.18. The van der Waals surface area contributed by atoms with Gasteiger partial charge in [0.2, 0.25) is 0 Å². The molecule has 1 aliphatic rings. The van der Waals surface area contributed by atoms with Crippen LogP contribution < -0.4 is 5.14 Å². The van der Waals surface area contributed by atoms with Gasteiger partial charge in [-0.25, -0.2) is 22.3 Å². The lowest BCUT2D eigenvalue weighted by Gasteiger charge is -2.08. The molecule has 1 aliphatic carbocycles. The lowest BCUT2D eigenvalue weighted by Crippen LogP contribution is -2.18. The number of nitrogens with two attached hydrogens (primary N) is 1. The van der Waals surface area contributed by atoms with Gasteiger partial charge < -0.3 is 0 Å². The van der Waals surface area contributed by atoms with E-state index in [1.54, 1.807) is 0 Å². The molecule has 0 saturated heterocycles. The molecule has 6 nitrogen and oxygen atoms in total. The average Bonchev–Trinajstić information content (AvgIpc) is 3.07. The van der Waals surface area contributed by atoms with E-state index in [9.17, 15) is 17.2 Å². The van der Waals surface area contributed by atoms with Crippen molar-refractivity contribution >= 4 is 10.0 Å². The van der Waals surface area contributed by atoms with Gasteiger partial charge in [0.15, 0.2) is 5.82 Å². The number of sulfonamides is 1. The monoisotopic (exact) mass is 300 g/mol. The first-order chi connectivity index (χ1) is 9.38. The highest BCUT2D eigenvalue weighted by Crippen LogP contribution is 2.40. The fourth-order valence-corrected chi connectivity index (χ4v) is 2.65. The van der Waals surface area contributed by atoms with Crippen molar-refractivity contribution in [2.45, 2.75) is 24.0 Å². The summed E-state index contributed by atoms with van der Waals surface area (Å²) in [6.07, 6.45) is 1.47. The summed E-state index contributed by atoms with van der Waals surface area (Å²) in [6.45, 7) is 0. The maximum atomic E-state index is 13.8. The Morgan fingerprint density at radius 1 is 1.25 bits per heavy atom. The van der Waals surface area contributed by atoms with Crippen molar-refractivity contribution in [1.29, 1.82) is 0 Å². The second-order valence-corrected chi connectivity index (χ2v) is 6.03. The number of primary sulfonamides is 1. The largest absolute Gasteiger partial charge is 0.294 e. The van der Waals surface area contributed by atoms with E-state index in [0.29, 0.717) is 6.07 Å². The molecule has 0 unspecified atom stereocenters. The van der Waals surface area contributed by atoms with E-state index in [4.69, 9.17) is 5.14 Å². The van der Waals surface area contributed by atoms with E-state index in [-0.39, 0.29) is 17.4 Å². The van der Waals surface area contributed by atoms with Gasteiger partial charge in [0, 0.05) is 12.1 Å². The van der Waals surface area contributed by atoms with Crippen LogP contribution in [0.15, 0.2) is 23.4 Å². The molecule has 1 heterocycles. The number of nitrogens with zero attached hydrogens (tertiary/aromatic N) is 3. The molecule has 1 saturated carbocycles. The summed E-state index contributed by atoms with van der Waals surface area (Å²) in [4.78, 5) is 0. The Kier molecular flexibility index (Phi) is 2.83. The summed E-state index contributed by atoms with van der Waals surface area (Å²) in [5, 5.41) is 11.9. The van der Waals surface area contributed by atoms with Gasteiger partial charge in [-0.1, -0.05) is 0 Å². The Morgan fingerprint density at radius 3 is 2.50 bits per heavy atom. The highest BCUT2D eigenvalue weighted by Gasteiger charge is 2.34. The van der Waals surface area contributed by atoms with Crippen molar-refractivity contribution in [3.8, 4) is 11.4 Å². The minimum absolute atomic E-state index is 0.0132. The first-order valence-electron chi connectivity index (χ1n) is 5.81. The molecule has 0 bridgehead atoms. The maximum Gasteiger partial charge on any atom is 0.273 e. The molecular weight excluding hydrogens is 290 g/mol. The van der Waals surface area contributed by atoms with Gasteiger partial charge in [-0.3, -0.25) is 4.57 Å². The number of benzene rings is 1. The van der Waals surface area contributed by atoms with Gasteiger partial charge in [0.25, 0.3) is 15.2 Å². The van der Waals surface area contributed by atoms with Gasteiger partial charge in [-0.15, -0.1) is 10.2 Å². The van der Waals surface area contributed by atoms with Crippen LogP contribution in [0.4, 0.5) is 8.78 Å². The summed E-state index contributed by atoms with van der Waals surface area (Å²) in [6, 6.07) is 2.84. The summed E-state index contributed by atoms with van der Waals surface area (Å²) in [5.74, 6) is -1.52. The normalized spacial score (nSPS) is 15.6. The van der Waals surface area contributed by atoms with Gasteiger partial charge >= 0.3 is 0 Å². The van der Waals surface area contributed by atoms with E-state index in [1.807, 2.05) is 0 Å². The van der Waals surface area contributed by atoms with Crippen LogP contribution >= 0.6 is 0 Å². The summed E-state index contributed by atoms with van der Waals surface area (Å²) in [7, 11) is -4.05. The molecule has 0 atom stereocenters. The zero-order valence-corrected chi connectivity index (χ0v) is 10.9. The van der Waals surface area contributed by atoms with Crippen LogP contribution in [0, 0.1) is 11.6 Å². The van der Waals surface area contributed by atoms with E-state index >= 15 is 0 Å². The van der Waals surface area contributed by atoms with E-state index in [1.165, 1.54) is 10.6 Å². The highest BCUT2D eigenvalue weighted by atomic mass is 32.2. The standard InChI is InChI=1S/C11H10F2N4O2S/c12-6-1-4-8(9(13)5-6)10-15-16-11(20(14,18)19)17(10)7-2-3-7/h1,4-5,7H,2-3H2,(H2,14,18,19). The molecule has 9 heteroatoms. The van der Waals surface area contributed by atoms with Crippen LogP contribution in [0.3, 0.4) is 0 Å². The van der Waals surface area contributed by atoms with E-state index in [2.05, 4.69) is 10.2 Å². The maximum absolute atomic E-state index is 13.8. The summed E-state index contributed by atoms with van der Waals surface area (Å²) in [5.41, 5.74) is -0.0132. The molecule has 20 heavy (non-hydrogen) atoms. The molecule has 2 aromatic rings. The van der Waals surface area contributed by atoms with Crippen LogP contribution in [0.2, 0.25) is 0 Å². The fourth-order valence-electron chi connectivity index (χ4n) is 1.99. The van der Waals surface area contributed by atoms with Crippen LogP contribution in [-0.4, -0.2) is 23.2 Å². The number of halogens is 2. The number of hydrogen-bond acceptors (Lipinski definition) is 4. The molecule has 0 aliphatic heterocycles. The average molecular weight is 300 g/mol. The fraction of sp³-hybridized carbons (Fsp3) is 0.273. The minimum atomic E-state index is -4.05. The van der Waals surface area contributed by atoms with Crippen molar-refractivity contribution in [1.82, 2.24) is 14.8 Å². The smallest absolute Gasteiger partial charge is 0.273 e. The van der Waals surface area contributed by atoms with Crippen LogP contribution in [-0.2, 0) is 10.0 Å². The Bertz CT molecular complexity index is 784. The third-order valence-electron chi connectivity index (χ3n) is 3.00. The van der Waals surface area contributed by atoms with Gasteiger partial charge in [-0.05, 0) is 25.0 Å². The molecular formula is C11H10F2N4O2S. The van der Waals surface area contributed by atoms with Crippen molar-refractivity contribution in [2.75, 3.05) is 0 Å². The predicted molar refractivity (Wildman–Crippen MR) is 65.0 cm³/mol. The summed E-state index contributed by atoms with van der Waals surface area (Å²) >= 11 is 0. The molecule has 106 valence electrons. The second-order valence-electron chi connectivity index (χ2n) is 4.58. The molecule has 1 aromatic heterocycles. The van der Waals surface area contributed by atoms with Crippen LogP contribution in [0.25, 0.3) is 11.4 Å². The van der Waals surface area contributed by atoms with Gasteiger partial charge in [-0.2, -0.15) is 0 Å². The zero-order chi connectivity index (χ0) is 14.5. The topological polar surface area (TPSA) is 90.9 Å². The lowest BCUT2D eigenvalue weighted by molar-refractivity contribution is 0.564. The molecule has 1 aromatic carbocycles. The summed E-state index contributed by atoms with van der Waals surface area (Å²) < 4.78 is 51.0. The van der Waals surface area contributed by atoms with Crippen molar-refractivity contribution in [3.05, 3.63) is 29.8 Å². The molecule has 0 spiro atoms. The Labute approximate surface area is 113 Å². The molecule has 3 rings (SSSR count). The van der Waals surface area contributed by atoms with E-state index in [0.717, 1.165) is 18.9 Å². The number of hydrogen-bond donors (Lipinski definition) is 1. The van der Waals surface area contributed by atoms with Gasteiger partial charge in [0.05, 0.1) is 5.56 Å². The second kappa shape index (κ2) is 4.32. The van der Waals surface area contributed by atoms with Crippen LogP contribution in [0.5, 0.6) is 0 Å².